The third-order valence-electron chi connectivity index (χ3n) is 4.37. The monoisotopic (exact) mass is 275 g/mol. The van der Waals surface area contributed by atoms with E-state index in [9.17, 15) is 15.3 Å². The molecule has 0 spiro atoms. The van der Waals surface area contributed by atoms with E-state index in [0.717, 1.165) is 37.0 Å². The van der Waals surface area contributed by atoms with Gasteiger partial charge in [0.05, 0.1) is 10.5 Å². The predicted octanol–water partition coefficient (Wildman–Crippen LogP) is 3.07. The summed E-state index contributed by atoms with van der Waals surface area (Å²) in [6.45, 7) is 2.01. The fourth-order valence-corrected chi connectivity index (χ4v) is 3.08. The summed E-state index contributed by atoms with van der Waals surface area (Å²) in [5.41, 5.74) is 1.48. The van der Waals surface area contributed by atoms with Crippen LogP contribution in [-0.2, 0) is 0 Å². The number of nitro benzene ring substituents is 1. The van der Waals surface area contributed by atoms with Crippen molar-refractivity contribution < 1.29 is 10.1 Å². The summed E-state index contributed by atoms with van der Waals surface area (Å²) >= 11 is 0. The molecule has 20 heavy (non-hydrogen) atoms. The largest absolute Gasteiger partial charge is 0.311 e. The molecule has 1 aromatic rings. The standard InChI is InChI=1S/C14H17N3O3/c1-14-9-3-2-4-12(14)15-13(16(14)18)10-5-7-11(8-6-10)17(19)20/h5-8,13,18H,2-4,9H2,1H3/t13-,14-/m1/s1. The molecular weight excluding hydrogens is 258 g/mol. The van der Waals surface area contributed by atoms with Gasteiger partial charge in [-0.3, -0.25) is 15.1 Å². The van der Waals surface area contributed by atoms with E-state index in [0.29, 0.717) is 0 Å². The first kappa shape index (κ1) is 13.2. The molecule has 0 aromatic heterocycles. The van der Waals surface area contributed by atoms with E-state index in [-0.39, 0.29) is 11.2 Å². The van der Waals surface area contributed by atoms with Crippen molar-refractivity contribution in [2.24, 2.45) is 4.99 Å². The van der Waals surface area contributed by atoms with Crippen LogP contribution < -0.4 is 0 Å². The van der Waals surface area contributed by atoms with Gasteiger partial charge >= 0.3 is 0 Å². The van der Waals surface area contributed by atoms with Crippen molar-refractivity contribution in [1.82, 2.24) is 5.06 Å². The third-order valence-corrected chi connectivity index (χ3v) is 4.37. The van der Waals surface area contributed by atoms with E-state index < -0.39 is 11.1 Å². The zero-order valence-corrected chi connectivity index (χ0v) is 11.3. The highest BCUT2D eigenvalue weighted by Gasteiger charge is 2.47. The van der Waals surface area contributed by atoms with Crippen LogP contribution in [0.25, 0.3) is 0 Å². The van der Waals surface area contributed by atoms with E-state index in [1.165, 1.54) is 17.2 Å². The van der Waals surface area contributed by atoms with Gasteiger partial charge in [0, 0.05) is 17.8 Å². The molecule has 0 bridgehead atoms. The summed E-state index contributed by atoms with van der Waals surface area (Å²) in [6, 6.07) is 6.23. The van der Waals surface area contributed by atoms with Gasteiger partial charge in [0.25, 0.3) is 5.69 Å². The Labute approximate surface area is 116 Å². The van der Waals surface area contributed by atoms with Gasteiger partial charge in [-0.2, -0.15) is 5.06 Å². The van der Waals surface area contributed by atoms with Crippen LogP contribution in [0.2, 0.25) is 0 Å². The number of nitrogens with zero attached hydrogens (tertiary/aromatic N) is 3. The molecule has 0 saturated heterocycles. The molecule has 106 valence electrons. The molecule has 6 heteroatoms. The number of fused-ring (bicyclic) bond motifs is 1. The maximum Gasteiger partial charge on any atom is 0.269 e. The molecule has 3 rings (SSSR count). The lowest BCUT2D eigenvalue weighted by molar-refractivity contribution is -0.384. The number of nitro groups is 1. The Hall–Kier alpha value is -1.79. The average Bonchev–Trinajstić information content (AvgIpc) is 2.72. The van der Waals surface area contributed by atoms with Gasteiger partial charge in [-0.1, -0.05) is 6.42 Å². The van der Waals surface area contributed by atoms with Crippen LogP contribution in [0.1, 0.15) is 44.3 Å². The normalized spacial score (nSPS) is 29.9. The lowest BCUT2D eigenvalue weighted by Crippen LogP contribution is -2.48. The Balaban J connectivity index is 1.91. The summed E-state index contributed by atoms with van der Waals surface area (Å²) in [5.74, 6) is 0. The van der Waals surface area contributed by atoms with E-state index in [4.69, 9.17) is 0 Å². The van der Waals surface area contributed by atoms with E-state index in [2.05, 4.69) is 4.99 Å². The van der Waals surface area contributed by atoms with Gasteiger partial charge < -0.3 is 5.21 Å². The van der Waals surface area contributed by atoms with Crippen LogP contribution in [-0.4, -0.2) is 26.4 Å². The minimum absolute atomic E-state index is 0.0486. The van der Waals surface area contributed by atoms with Gasteiger partial charge in [-0.05, 0) is 43.9 Å². The lowest BCUT2D eigenvalue weighted by Gasteiger charge is -2.36. The van der Waals surface area contributed by atoms with E-state index in [1.54, 1.807) is 12.1 Å². The average molecular weight is 275 g/mol. The van der Waals surface area contributed by atoms with Gasteiger partial charge in [0.1, 0.15) is 0 Å². The molecule has 6 nitrogen and oxygen atoms in total. The number of hydrogen-bond acceptors (Lipinski definition) is 5. The van der Waals surface area contributed by atoms with Crippen LogP contribution in [0.5, 0.6) is 0 Å². The van der Waals surface area contributed by atoms with Gasteiger partial charge in [0.15, 0.2) is 6.17 Å². The molecule has 1 N–H and O–H groups in total. The molecule has 2 aliphatic rings. The van der Waals surface area contributed by atoms with Crippen molar-refractivity contribution in [1.29, 1.82) is 0 Å². The summed E-state index contributed by atoms with van der Waals surface area (Å²) in [6.07, 6.45) is 3.55. The maximum absolute atomic E-state index is 10.7. The molecule has 1 saturated carbocycles. The first-order valence-corrected chi connectivity index (χ1v) is 6.82. The van der Waals surface area contributed by atoms with Crippen molar-refractivity contribution >= 4 is 11.4 Å². The molecule has 0 radical (unpaired) electrons. The van der Waals surface area contributed by atoms with Crippen molar-refractivity contribution in [3.05, 3.63) is 39.9 Å². The lowest BCUT2D eigenvalue weighted by atomic mass is 9.82. The van der Waals surface area contributed by atoms with Crippen molar-refractivity contribution in [2.75, 3.05) is 0 Å². The summed E-state index contributed by atoms with van der Waals surface area (Å²) in [4.78, 5) is 14.9. The molecule has 1 aromatic carbocycles. The zero-order valence-electron chi connectivity index (χ0n) is 11.3. The Morgan fingerprint density at radius 3 is 2.70 bits per heavy atom. The maximum atomic E-state index is 10.7. The fourth-order valence-electron chi connectivity index (χ4n) is 3.08. The van der Waals surface area contributed by atoms with Gasteiger partial charge in [-0.25, -0.2) is 0 Å². The predicted molar refractivity (Wildman–Crippen MR) is 73.8 cm³/mol. The SMILES string of the molecule is C[C@@]12CCCCC1=N[C@@H](c1ccc([N+](=O)[O-])cc1)N2O. The first-order chi connectivity index (χ1) is 9.52. The second kappa shape index (κ2) is 4.64. The van der Waals surface area contributed by atoms with Crippen molar-refractivity contribution in [2.45, 2.75) is 44.3 Å². The molecule has 1 fully saturated rings. The molecule has 1 heterocycles. The number of rotatable bonds is 2. The van der Waals surface area contributed by atoms with Gasteiger partial charge in [0.2, 0.25) is 0 Å². The second-order valence-corrected chi connectivity index (χ2v) is 5.62. The second-order valence-electron chi connectivity index (χ2n) is 5.62. The number of non-ortho nitro benzene ring substituents is 1. The highest BCUT2D eigenvalue weighted by Crippen LogP contribution is 2.42. The Bertz CT molecular complexity index is 570. The van der Waals surface area contributed by atoms with Gasteiger partial charge in [-0.15, -0.1) is 0 Å². The third kappa shape index (κ3) is 1.92. The van der Waals surface area contributed by atoms with E-state index >= 15 is 0 Å². The topological polar surface area (TPSA) is 79.0 Å². The molecule has 1 aliphatic carbocycles. The molecule has 0 amide bonds. The number of hydroxylamine groups is 2. The zero-order chi connectivity index (χ0) is 14.3. The summed E-state index contributed by atoms with van der Waals surface area (Å²) < 4.78 is 0. The minimum Gasteiger partial charge on any atom is -0.311 e. The van der Waals surface area contributed by atoms with E-state index in [1.807, 2.05) is 6.92 Å². The molecule has 1 aliphatic heterocycles. The molecular formula is C14H17N3O3. The van der Waals surface area contributed by atoms with Crippen LogP contribution >= 0.6 is 0 Å². The quantitative estimate of drug-likeness (QED) is 0.664. The minimum atomic E-state index is -0.450. The molecule has 2 atom stereocenters. The summed E-state index contributed by atoms with van der Waals surface area (Å²) in [5, 5.41) is 22.4. The van der Waals surface area contributed by atoms with Crippen molar-refractivity contribution in [3.8, 4) is 0 Å². The van der Waals surface area contributed by atoms with Crippen molar-refractivity contribution in [3.63, 3.8) is 0 Å². The Kier molecular flexibility index (Phi) is 3.07. The smallest absolute Gasteiger partial charge is 0.269 e. The Morgan fingerprint density at radius 2 is 2.10 bits per heavy atom. The highest BCUT2D eigenvalue weighted by atomic mass is 16.6. The fraction of sp³-hybridized carbons (Fsp3) is 0.500. The van der Waals surface area contributed by atoms with Crippen LogP contribution in [0.4, 0.5) is 5.69 Å². The highest BCUT2D eigenvalue weighted by molar-refractivity contribution is 5.95. The number of benzene rings is 1. The summed E-state index contributed by atoms with van der Waals surface area (Å²) in [7, 11) is 0. The molecule has 0 unspecified atom stereocenters. The Morgan fingerprint density at radius 1 is 1.40 bits per heavy atom. The van der Waals surface area contributed by atoms with Crippen LogP contribution in [0.15, 0.2) is 29.3 Å². The first-order valence-electron chi connectivity index (χ1n) is 6.82. The van der Waals surface area contributed by atoms with Crippen LogP contribution in [0.3, 0.4) is 0 Å². The number of aliphatic imine (C=N–C) groups is 1. The van der Waals surface area contributed by atoms with Crippen LogP contribution in [0, 0.1) is 10.1 Å². The number of hydrogen-bond donors (Lipinski definition) is 1.